The number of epoxide rings is 2. The molecule has 0 N–H and O–H groups in total. The third-order valence-corrected chi connectivity index (χ3v) is 7.92. The number of unbranched alkanes of at least 4 members (excludes halogenated alkanes) is 2. The van der Waals surface area contributed by atoms with Crippen LogP contribution in [-0.4, -0.2) is 38.6 Å². The van der Waals surface area contributed by atoms with Crippen LogP contribution in [0.4, 0.5) is 0 Å². The lowest BCUT2D eigenvalue weighted by molar-refractivity contribution is 0.297. The molecule has 2 aromatic rings. The Balaban J connectivity index is 1.02. The van der Waals surface area contributed by atoms with Crippen LogP contribution in [-0.2, 0) is 9.47 Å². The maximum atomic E-state index is 6.06. The molecule has 3 aliphatic rings. The molecule has 190 valence electrons. The van der Waals surface area contributed by atoms with Crippen molar-refractivity contribution in [1.29, 1.82) is 0 Å². The van der Waals surface area contributed by atoms with Crippen molar-refractivity contribution in [2.75, 3.05) is 26.4 Å². The van der Waals surface area contributed by atoms with Crippen LogP contribution in [0.25, 0.3) is 0 Å². The molecular formula is C31H42O4. The van der Waals surface area contributed by atoms with Gasteiger partial charge in [-0.1, -0.05) is 24.3 Å². The number of rotatable bonds is 14. The van der Waals surface area contributed by atoms with Crippen molar-refractivity contribution in [1.82, 2.24) is 0 Å². The van der Waals surface area contributed by atoms with Crippen molar-refractivity contribution in [3.05, 3.63) is 59.2 Å². The summed E-state index contributed by atoms with van der Waals surface area (Å²) in [6, 6.07) is 15.7. The van der Waals surface area contributed by atoms with E-state index in [1.807, 2.05) is 0 Å². The summed E-state index contributed by atoms with van der Waals surface area (Å²) in [5.74, 6) is 3.38. The minimum atomic E-state index is 0.534. The summed E-state index contributed by atoms with van der Waals surface area (Å²) in [5, 5.41) is 0. The Hall–Kier alpha value is -2.04. The van der Waals surface area contributed by atoms with Gasteiger partial charge < -0.3 is 18.9 Å². The van der Waals surface area contributed by atoms with Crippen LogP contribution >= 0.6 is 0 Å². The highest BCUT2D eigenvalue weighted by Crippen LogP contribution is 2.41. The van der Waals surface area contributed by atoms with E-state index >= 15 is 0 Å². The van der Waals surface area contributed by atoms with E-state index in [9.17, 15) is 0 Å². The molecule has 2 aromatic carbocycles. The number of ether oxygens (including phenoxy) is 4. The van der Waals surface area contributed by atoms with E-state index < -0.39 is 0 Å². The van der Waals surface area contributed by atoms with Crippen molar-refractivity contribution >= 4 is 0 Å². The van der Waals surface area contributed by atoms with Gasteiger partial charge in [0, 0.05) is 0 Å². The summed E-state index contributed by atoms with van der Waals surface area (Å²) in [6.07, 6.45) is 13.1. The highest BCUT2D eigenvalue weighted by atomic mass is 16.6. The maximum absolute atomic E-state index is 6.06. The predicted molar refractivity (Wildman–Crippen MR) is 140 cm³/mol. The standard InChI is InChI=1S/C31H42O4/c1-23-20-27(14-17-31(23)33-19-5-3-7-30-22-35-30)26-10-8-24(9-11-26)25-12-15-28(16-13-25)32-18-4-2-6-29-21-34-29/h12-17,20,24,26,29-30H,2-11,18-19,21-22H2,1H3. The van der Waals surface area contributed by atoms with Gasteiger partial charge >= 0.3 is 0 Å². The fourth-order valence-corrected chi connectivity index (χ4v) is 5.47. The fourth-order valence-electron chi connectivity index (χ4n) is 5.47. The van der Waals surface area contributed by atoms with Gasteiger partial charge in [-0.3, -0.25) is 0 Å². The zero-order valence-electron chi connectivity index (χ0n) is 21.4. The average Bonchev–Trinajstić information content (AvgIpc) is 3.81. The molecule has 2 heterocycles. The Labute approximate surface area is 211 Å². The minimum Gasteiger partial charge on any atom is -0.494 e. The lowest BCUT2D eigenvalue weighted by Gasteiger charge is -2.29. The molecule has 2 aliphatic heterocycles. The molecule has 3 fully saturated rings. The van der Waals surface area contributed by atoms with Gasteiger partial charge in [-0.15, -0.1) is 0 Å². The first-order valence-corrected chi connectivity index (χ1v) is 13.9. The van der Waals surface area contributed by atoms with Gasteiger partial charge in [-0.25, -0.2) is 0 Å². The second-order valence-corrected chi connectivity index (χ2v) is 10.7. The lowest BCUT2D eigenvalue weighted by atomic mass is 9.76. The van der Waals surface area contributed by atoms with Gasteiger partial charge in [-0.05, 0) is 118 Å². The predicted octanol–water partition coefficient (Wildman–Crippen LogP) is 7.33. The molecule has 1 saturated carbocycles. The van der Waals surface area contributed by atoms with Gasteiger partial charge in [-0.2, -0.15) is 0 Å². The summed E-state index contributed by atoms with van der Waals surface area (Å²) in [4.78, 5) is 0. The van der Waals surface area contributed by atoms with Gasteiger partial charge in [0.15, 0.2) is 0 Å². The average molecular weight is 479 g/mol. The molecule has 0 radical (unpaired) electrons. The minimum absolute atomic E-state index is 0.534. The van der Waals surface area contributed by atoms with Crippen LogP contribution in [0.5, 0.6) is 11.5 Å². The van der Waals surface area contributed by atoms with E-state index in [2.05, 4.69) is 49.4 Å². The van der Waals surface area contributed by atoms with Crippen LogP contribution in [0.15, 0.2) is 42.5 Å². The Morgan fingerprint density at radius 1 is 0.686 bits per heavy atom. The third kappa shape index (κ3) is 7.72. The molecule has 2 saturated heterocycles. The summed E-state index contributed by atoms with van der Waals surface area (Å²) >= 11 is 0. The molecule has 2 atom stereocenters. The van der Waals surface area contributed by atoms with E-state index in [1.165, 1.54) is 68.1 Å². The van der Waals surface area contributed by atoms with E-state index in [0.29, 0.717) is 24.0 Å². The van der Waals surface area contributed by atoms with E-state index in [0.717, 1.165) is 50.8 Å². The van der Waals surface area contributed by atoms with Gasteiger partial charge in [0.1, 0.15) is 11.5 Å². The second-order valence-electron chi connectivity index (χ2n) is 10.7. The smallest absolute Gasteiger partial charge is 0.122 e. The van der Waals surface area contributed by atoms with Crippen molar-refractivity contribution in [3.63, 3.8) is 0 Å². The lowest BCUT2D eigenvalue weighted by Crippen LogP contribution is -2.12. The Bertz CT molecular complexity index is 908. The van der Waals surface area contributed by atoms with Crippen LogP contribution in [0, 0.1) is 6.92 Å². The zero-order chi connectivity index (χ0) is 23.9. The molecule has 0 amide bonds. The van der Waals surface area contributed by atoms with Crippen LogP contribution in [0.3, 0.4) is 0 Å². The van der Waals surface area contributed by atoms with Gasteiger partial charge in [0.2, 0.25) is 0 Å². The van der Waals surface area contributed by atoms with E-state index in [4.69, 9.17) is 18.9 Å². The largest absolute Gasteiger partial charge is 0.494 e. The molecule has 5 rings (SSSR count). The van der Waals surface area contributed by atoms with Crippen LogP contribution in [0.2, 0.25) is 0 Å². The Morgan fingerprint density at radius 3 is 1.80 bits per heavy atom. The summed E-state index contributed by atoms with van der Waals surface area (Å²) in [7, 11) is 0. The third-order valence-electron chi connectivity index (χ3n) is 7.92. The molecule has 35 heavy (non-hydrogen) atoms. The highest BCUT2D eigenvalue weighted by molar-refractivity contribution is 5.38. The van der Waals surface area contributed by atoms with Gasteiger partial charge in [0.25, 0.3) is 0 Å². The molecule has 4 heteroatoms. The fraction of sp³-hybridized carbons (Fsp3) is 0.613. The van der Waals surface area contributed by atoms with E-state index in [-0.39, 0.29) is 0 Å². The Morgan fingerprint density at radius 2 is 1.23 bits per heavy atom. The first-order valence-electron chi connectivity index (χ1n) is 13.9. The molecular weight excluding hydrogens is 436 g/mol. The monoisotopic (exact) mass is 478 g/mol. The van der Waals surface area contributed by atoms with Crippen LogP contribution < -0.4 is 9.47 Å². The van der Waals surface area contributed by atoms with Crippen molar-refractivity contribution in [2.24, 2.45) is 0 Å². The first kappa shape index (κ1) is 24.6. The quantitative estimate of drug-likeness (QED) is 0.211. The number of hydrogen-bond acceptors (Lipinski definition) is 4. The summed E-state index contributed by atoms with van der Waals surface area (Å²) in [6.45, 7) is 5.71. The van der Waals surface area contributed by atoms with Gasteiger partial charge in [0.05, 0.1) is 38.6 Å². The second kappa shape index (κ2) is 12.3. The van der Waals surface area contributed by atoms with Crippen molar-refractivity contribution < 1.29 is 18.9 Å². The number of hydrogen-bond donors (Lipinski definition) is 0. The molecule has 0 spiro atoms. The molecule has 0 bridgehead atoms. The molecule has 2 unspecified atom stereocenters. The number of benzene rings is 2. The summed E-state index contributed by atoms with van der Waals surface area (Å²) in [5.41, 5.74) is 4.22. The topological polar surface area (TPSA) is 43.5 Å². The number of aryl methyl sites for hydroxylation is 1. The van der Waals surface area contributed by atoms with Crippen molar-refractivity contribution in [3.8, 4) is 11.5 Å². The SMILES string of the molecule is Cc1cc(C2CCC(c3ccc(OCCCCC4CO4)cc3)CC2)ccc1OCCCCC1CO1. The normalized spacial score (nSPS) is 25.3. The first-order chi connectivity index (χ1) is 17.2. The zero-order valence-corrected chi connectivity index (χ0v) is 21.4. The molecule has 0 aromatic heterocycles. The molecule has 1 aliphatic carbocycles. The van der Waals surface area contributed by atoms with Crippen molar-refractivity contribution in [2.45, 2.75) is 95.2 Å². The molecule has 4 nitrogen and oxygen atoms in total. The maximum Gasteiger partial charge on any atom is 0.122 e. The Kier molecular flexibility index (Phi) is 8.64. The van der Waals surface area contributed by atoms with E-state index in [1.54, 1.807) is 0 Å². The highest BCUT2D eigenvalue weighted by Gasteiger charge is 2.24. The van der Waals surface area contributed by atoms with Crippen LogP contribution in [0.1, 0.15) is 92.7 Å². The summed E-state index contributed by atoms with van der Waals surface area (Å²) < 4.78 is 22.5.